The number of hydrogen-bond acceptors (Lipinski definition) is 4. The van der Waals surface area contributed by atoms with Crippen molar-refractivity contribution in [1.82, 2.24) is 15.0 Å². The van der Waals surface area contributed by atoms with Gasteiger partial charge in [0.2, 0.25) is 0 Å². The molecule has 0 atom stereocenters. The number of carbonyl (C=O) groups excluding carboxylic acids is 1. The SMILES string of the molecule is O=C1CCCCc2nnn(c2I)CCCCCCCCO1. The van der Waals surface area contributed by atoms with Crippen LogP contribution in [0, 0.1) is 3.70 Å². The van der Waals surface area contributed by atoms with Gasteiger partial charge in [0.05, 0.1) is 12.3 Å². The summed E-state index contributed by atoms with van der Waals surface area (Å²) >= 11 is 2.33. The third-order valence-corrected chi connectivity index (χ3v) is 4.99. The molecule has 0 unspecified atom stereocenters. The minimum absolute atomic E-state index is 0.0577. The lowest BCUT2D eigenvalue weighted by Gasteiger charge is -2.05. The number of rotatable bonds is 0. The lowest BCUT2D eigenvalue weighted by atomic mass is 10.1. The first-order chi connectivity index (χ1) is 10.3. The Morgan fingerprint density at radius 1 is 0.952 bits per heavy atom. The van der Waals surface area contributed by atoms with Gasteiger partial charge in [-0.15, -0.1) is 5.10 Å². The number of aryl methyl sites for hydroxylation is 2. The molecule has 2 heterocycles. The fraction of sp³-hybridized carbons (Fsp3) is 0.800. The molecule has 0 N–H and O–H groups in total. The van der Waals surface area contributed by atoms with E-state index in [1.165, 1.54) is 19.3 Å². The maximum Gasteiger partial charge on any atom is 0.305 e. The summed E-state index contributed by atoms with van der Waals surface area (Å²) < 4.78 is 8.42. The second-order valence-corrected chi connectivity index (χ2v) is 6.62. The van der Waals surface area contributed by atoms with Gasteiger partial charge in [-0.2, -0.15) is 0 Å². The number of nitrogens with zero attached hydrogens (tertiary/aromatic N) is 3. The number of carbonyl (C=O) groups is 1. The summed E-state index contributed by atoms with van der Waals surface area (Å²) in [5.74, 6) is -0.0577. The molecular weight excluding hydrogens is 381 g/mol. The highest BCUT2D eigenvalue weighted by molar-refractivity contribution is 14.1. The van der Waals surface area contributed by atoms with Crippen LogP contribution in [0.4, 0.5) is 0 Å². The van der Waals surface area contributed by atoms with Gasteiger partial charge in [-0.3, -0.25) is 4.79 Å². The molecule has 0 aromatic carbocycles. The van der Waals surface area contributed by atoms with E-state index in [0.717, 1.165) is 54.5 Å². The van der Waals surface area contributed by atoms with Crippen LogP contribution in [0.15, 0.2) is 0 Å². The van der Waals surface area contributed by atoms with Crippen LogP contribution in [0.5, 0.6) is 0 Å². The molecule has 0 aliphatic carbocycles. The second-order valence-electron chi connectivity index (χ2n) is 5.60. The van der Waals surface area contributed by atoms with Crippen LogP contribution >= 0.6 is 22.6 Å². The second kappa shape index (κ2) is 9.38. The quantitative estimate of drug-likeness (QED) is 0.490. The predicted octanol–water partition coefficient (Wildman–Crippen LogP) is 3.49. The molecule has 1 aliphatic rings. The molecular formula is C15H24IN3O2. The minimum Gasteiger partial charge on any atom is -0.466 e. The molecule has 0 fully saturated rings. The number of cyclic esters (lactones) is 1. The zero-order valence-corrected chi connectivity index (χ0v) is 14.7. The van der Waals surface area contributed by atoms with E-state index in [1.54, 1.807) is 0 Å². The molecule has 0 radical (unpaired) electrons. The molecule has 0 spiro atoms. The van der Waals surface area contributed by atoms with Gasteiger partial charge < -0.3 is 4.74 Å². The summed E-state index contributed by atoms with van der Waals surface area (Å²) in [6, 6.07) is 0. The van der Waals surface area contributed by atoms with Crippen molar-refractivity contribution in [1.29, 1.82) is 0 Å². The number of halogens is 1. The summed E-state index contributed by atoms with van der Waals surface area (Å²) in [7, 11) is 0. The summed E-state index contributed by atoms with van der Waals surface area (Å²) in [5, 5.41) is 8.51. The summed E-state index contributed by atoms with van der Waals surface area (Å²) in [6.07, 6.45) is 10.2. The van der Waals surface area contributed by atoms with Crippen molar-refractivity contribution in [2.75, 3.05) is 6.61 Å². The van der Waals surface area contributed by atoms with Crippen molar-refractivity contribution in [3.63, 3.8) is 0 Å². The standard InChI is InChI=1S/C15H24IN3O2/c16-15-13-9-5-6-10-14(20)21-12-8-4-2-1-3-7-11-19(15)18-17-13/h1-12H2. The number of ether oxygens (including phenoxy) is 1. The van der Waals surface area contributed by atoms with Crippen LogP contribution in [-0.4, -0.2) is 27.6 Å². The maximum absolute atomic E-state index is 11.6. The van der Waals surface area contributed by atoms with Crippen LogP contribution in [-0.2, 0) is 22.5 Å². The number of esters is 1. The summed E-state index contributed by atoms with van der Waals surface area (Å²) in [4.78, 5) is 11.6. The Bertz CT molecular complexity index is 448. The molecule has 1 aromatic heterocycles. The van der Waals surface area contributed by atoms with E-state index in [-0.39, 0.29) is 5.97 Å². The molecule has 2 rings (SSSR count). The topological polar surface area (TPSA) is 57.0 Å². The Morgan fingerprint density at radius 2 is 1.67 bits per heavy atom. The van der Waals surface area contributed by atoms with E-state index >= 15 is 0 Å². The maximum atomic E-state index is 11.6. The van der Waals surface area contributed by atoms with E-state index in [0.29, 0.717) is 13.0 Å². The fourth-order valence-electron chi connectivity index (χ4n) is 2.52. The zero-order valence-electron chi connectivity index (χ0n) is 12.5. The highest BCUT2D eigenvalue weighted by Crippen LogP contribution is 2.15. The fourth-order valence-corrected chi connectivity index (χ4v) is 3.24. The molecule has 1 aliphatic heterocycles. The van der Waals surface area contributed by atoms with Crippen LogP contribution in [0.1, 0.15) is 63.5 Å². The molecule has 6 heteroatoms. The average molecular weight is 405 g/mol. The molecule has 118 valence electrons. The van der Waals surface area contributed by atoms with Crippen LogP contribution in [0.2, 0.25) is 0 Å². The van der Waals surface area contributed by atoms with Crippen LogP contribution < -0.4 is 0 Å². The first kappa shape index (κ1) is 16.7. The third-order valence-electron chi connectivity index (χ3n) is 3.81. The summed E-state index contributed by atoms with van der Waals surface area (Å²) in [5.41, 5.74) is 1.06. The third kappa shape index (κ3) is 5.92. The predicted molar refractivity (Wildman–Crippen MR) is 89.0 cm³/mol. The van der Waals surface area contributed by atoms with Gasteiger partial charge in [0.25, 0.3) is 0 Å². The highest BCUT2D eigenvalue weighted by atomic mass is 127. The molecule has 0 saturated heterocycles. The Labute approximate surface area is 140 Å². The Balaban J connectivity index is 1.87. The highest BCUT2D eigenvalue weighted by Gasteiger charge is 2.10. The molecule has 1 aromatic rings. The smallest absolute Gasteiger partial charge is 0.305 e. The van der Waals surface area contributed by atoms with Gasteiger partial charge in [0, 0.05) is 13.0 Å². The van der Waals surface area contributed by atoms with Gasteiger partial charge in [-0.05, 0) is 54.7 Å². The lowest BCUT2D eigenvalue weighted by molar-refractivity contribution is -0.143. The first-order valence-electron chi connectivity index (χ1n) is 8.01. The van der Waals surface area contributed by atoms with E-state index in [1.807, 2.05) is 4.68 Å². The van der Waals surface area contributed by atoms with Gasteiger partial charge in [0.15, 0.2) is 0 Å². The van der Waals surface area contributed by atoms with E-state index in [2.05, 4.69) is 32.9 Å². The summed E-state index contributed by atoms with van der Waals surface area (Å²) in [6.45, 7) is 1.55. The first-order valence-corrected chi connectivity index (χ1v) is 9.09. The van der Waals surface area contributed by atoms with Crippen molar-refractivity contribution in [3.05, 3.63) is 9.39 Å². The van der Waals surface area contributed by atoms with Crippen LogP contribution in [0.3, 0.4) is 0 Å². The van der Waals surface area contributed by atoms with Crippen LogP contribution in [0.25, 0.3) is 0 Å². The molecule has 0 amide bonds. The number of aromatic nitrogens is 3. The van der Waals surface area contributed by atoms with Crippen molar-refractivity contribution < 1.29 is 9.53 Å². The van der Waals surface area contributed by atoms with Crippen molar-refractivity contribution in [2.24, 2.45) is 0 Å². The monoisotopic (exact) mass is 405 g/mol. The molecule has 21 heavy (non-hydrogen) atoms. The van der Waals surface area contributed by atoms with Gasteiger partial charge >= 0.3 is 5.97 Å². The van der Waals surface area contributed by atoms with Crippen molar-refractivity contribution in [3.8, 4) is 0 Å². The number of hydrogen-bond donors (Lipinski definition) is 0. The van der Waals surface area contributed by atoms with E-state index in [9.17, 15) is 4.79 Å². The van der Waals surface area contributed by atoms with Gasteiger partial charge in [0.1, 0.15) is 3.70 Å². The normalized spacial score (nSPS) is 19.8. The Kier molecular flexibility index (Phi) is 7.46. The molecule has 5 nitrogen and oxygen atoms in total. The van der Waals surface area contributed by atoms with E-state index in [4.69, 9.17) is 4.74 Å². The Morgan fingerprint density at radius 3 is 2.52 bits per heavy atom. The lowest BCUT2D eigenvalue weighted by Crippen LogP contribution is -2.06. The largest absolute Gasteiger partial charge is 0.466 e. The molecule has 0 saturated carbocycles. The van der Waals surface area contributed by atoms with Gasteiger partial charge in [-0.25, -0.2) is 4.68 Å². The zero-order chi connectivity index (χ0) is 14.9. The van der Waals surface area contributed by atoms with Gasteiger partial charge in [-0.1, -0.05) is 30.9 Å². The number of fused-ring (bicyclic) bond motifs is 2. The van der Waals surface area contributed by atoms with Crippen molar-refractivity contribution in [2.45, 2.75) is 70.8 Å². The average Bonchev–Trinajstić information content (AvgIpc) is 2.82. The van der Waals surface area contributed by atoms with E-state index < -0.39 is 0 Å². The van der Waals surface area contributed by atoms with Crippen molar-refractivity contribution >= 4 is 28.6 Å². The molecule has 2 bridgehead atoms. The Hall–Kier alpha value is -0.660. The minimum atomic E-state index is -0.0577.